The van der Waals surface area contributed by atoms with Crippen molar-refractivity contribution in [3.63, 3.8) is 0 Å². The molecule has 1 aromatic rings. The van der Waals surface area contributed by atoms with Gasteiger partial charge in [-0.3, -0.25) is 4.79 Å². The smallest absolute Gasteiger partial charge is 0.253 e. The molecule has 4 heteroatoms. The Morgan fingerprint density at radius 1 is 1.47 bits per heavy atom. The number of amides is 1. The van der Waals surface area contributed by atoms with Crippen molar-refractivity contribution in [2.45, 2.75) is 25.9 Å². The highest BCUT2D eigenvalue weighted by molar-refractivity contribution is 5.94. The van der Waals surface area contributed by atoms with Crippen molar-refractivity contribution in [3.8, 4) is 5.75 Å². The van der Waals surface area contributed by atoms with Crippen LogP contribution >= 0.6 is 0 Å². The van der Waals surface area contributed by atoms with E-state index in [2.05, 4.69) is 11.9 Å². The summed E-state index contributed by atoms with van der Waals surface area (Å²) >= 11 is 0. The molecule has 0 aromatic heterocycles. The van der Waals surface area contributed by atoms with Crippen molar-refractivity contribution < 1.29 is 14.3 Å². The maximum Gasteiger partial charge on any atom is 0.253 e. The van der Waals surface area contributed by atoms with Crippen molar-refractivity contribution in [1.82, 2.24) is 0 Å². The molecule has 1 N–H and O–H groups in total. The minimum atomic E-state index is -0.306. The van der Waals surface area contributed by atoms with E-state index in [-0.39, 0.29) is 12.0 Å². The topological polar surface area (TPSA) is 47.6 Å². The van der Waals surface area contributed by atoms with E-state index in [0.29, 0.717) is 13.2 Å². The summed E-state index contributed by atoms with van der Waals surface area (Å²) in [5.41, 5.74) is 1.72. The van der Waals surface area contributed by atoms with Crippen LogP contribution in [0.3, 0.4) is 0 Å². The molecule has 1 fully saturated rings. The Labute approximate surface area is 113 Å². The highest BCUT2D eigenvalue weighted by Crippen LogP contribution is 2.18. The first kappa shape index (κ1) is 13.6. The zero-order valence-corrected chi connectivity index (χ0v) is 11.1. The molecule has 0 radical (unpaired) electrons. The molecule has 0 spiro atoms. The van der Waals surface area contributed by atoms with E-state index >= 15 is 0 Å². The Bertz CT molecular complexity index is 447. The number of carbonyl (C=O) groups is 1. The summed E-state index contributed by atoms with van der Waals surface area (Å²) in [7, 11) is 0. The van der Waals surface area contributed by atoms with Crippen molar-refractivity contribution >= 4 is 11.6 Å². The molecule has 102 valence electrons. The third kappa shape index (κ3) is 4.10. The van der Waals surface area contributed by atoms with Crippen LogP contribution in [0.2, 0.25) is 0 Å². The van der Waals surface area contributed by atoms with Gasteiger partial charge in [-0.15, -0.1) is 0 Å². The van der Waals surface area contributed by atoms with E-state index in [1.165, 1.54) is 0 Å². The van der Waals surface area contributed by atoms with Crippen molar-refractivity contribution in [1.29, 1.82) is 0 Å². The van der Waals surface area contributed by atoms with Crippen LogP contribution in [0, 0.1) is 0 Å². The number of rotatable bonds is 5. The standard InChI is InChI=1S/C15H19NO3/c1-11(2)10-19-13-7-5-12(6-8-13)16-15(17)14-4-3-9-18-14/h5-8,14H,1,3-4,9-10H2,2H3,(H,16,17)/t14-/m0/s1. The van der Waals surface area contributed by atoms with Crippen molar-refractivity contribution in [2.24, 2.45) is 0 Å². The fourth-order valence-electron chi connectivity index (χ4n) is 1.85. The first-order valence-electron chi connectivity index (χ1n) is 6.45. The largest absolute Gasteiger partial charge is 0.489 e. The lowest BCUT2D eigenvalue weighted by molar-refractivity contribution is -0.124. The minimum absolute atomic E-state index is 0.0758. The fourth-order valence-corrected chi connectivity index (χ4v) is 1.85. The van der Waals surface area contributed by atoms with E-state index in [9.17, 15) is 4.79 Å². The van der Waals surface area contributed by atoms with Crippen LogP contribution < -0.4 is 10.1 Å². The number of carbonyl (C=O) groups excluding carboxylic acids is 1. The molecular formula is C15H19NO3. The van der Waals surface area contributed by atoms with Crippen LogP contribution in [0.25, 0.3) is 0 Å². The molecule has 0 unspecified atom stereocenters. The van der Waals surface area contributed by atoms with Gasteiger partial charge in [0.1, 0.15) is 18.5 Å². The lowest BCUT2D eigenvalue weighted by Crippen LogP contribution is -2.26. The van der Waals surface area contributed by atoms with E-state index in [4.69, 9.17) is 9.47 Å². The second-order valence-electron chi connectivity index (χ2n) is 4.76. The number of hydrogen-bond donors (Lipinski definition) is 1. The van der Waals surface area contributed by atoms with Gasteiger partial charge in [0.05, 0.1) is 0 Å². The minimum Gasteiger partial charge on any atom is -0.489 e. The van der Waals surface area contributed by atoms with Gasteiger partial charge in [-0.2, -0.15) is 0 Å². The van der Waals surface area contributed by atoms with Gasteiger partial charge in [-0.1, -0.05) is 6.58 Å². The van der Waals surface area contributed by atoms with E-state index in [1.807, 2.05) is 31.2 Å². The van der Waals surface area contributed by atoms with E-state index in [0.717, 1.165) is 29.9 Å². The second kappa shape index (κ2) is 6.38. The molecule has 1 aliphatic rings. The van der Waals surface area contributed by atoms with E-state index in [1.54, 1.807) is 0 Å². The number of hydrogen-bond acceptors (Lipinski definition) is 3. The third-order valence-electron chi connectivity index (χ3n) is 2.83. The van der Waals surface area contributed by atoms with Crippen molar-refractivity contribution in [3.05, 3.63) is 36.4 Å². The molecule has 1 aliphatic heterocycles. The van der Waals surface area contributed by atoms with Gasteiger partial charge in [0.15, 0.2) is 0 Å². The molecule has 1 amide bonds. The Kier molecular flexibility index (Phi) is 4.58. The zero-order valence-electron chi connectivity index (χ0n) is 11.1. The molecule has 1 atom stereocenters. The van der Waals surface area contributed by atoms with E-state index < -0.39 is 0 Å². The normalized spacial score (nSPS) is 18.1. The van der Waals surface area contributed by atoms with Crippen LogP contribution in [-0.2, 0) is 9.53 Å². The third-order valence-corrected chi connectivity index (χ3v) is 2.83. The molecule has 19 heavy (non-hydrogen) atoms. The van der Waals surface area contributed by atoms with Crippen LogP contribution in [0.4, 0.5) is 5.69 Å². The first-order chi connectivity index (χ1) is 9.15. The lowest BCUT2D eigenvalue weighted by Gasteiger charge is -2.11. The molecular weight excluding hydrogens is 242 g/mol. The SMILES string of the molecule is C=C(C)COc1ccc(NC(=O)[C@@H]2CCCO2)cc1. The number of nitrogens with one attached hydrogen (secondary N) is 1. The van der Waals surface area contributed by atoms with Gasteiger partial charge in [0.25, 0.3) is 5.91 Å². The maximum atomic E-state index is 11.8. The van der Waals surface area contributed by atoms with Gasteiger partial charge in [0, 0.05) is 12.3 Å². The molecule has 2 rings (SSSR count). The van der Waals surface area contributed by atoms with Gasteiger partial charge in [-0.25, -0.2) is 0 Å². The lowest BCUT2D eigenvalue weighted by atomic mass is 10.2. The first-order valence-corrected chi connectivity index (χ1v) is 6.45. The second-order valence-corrected chi connectivity index (χ2v) is 4.76. The Morgan fingerprint density at radius 2 is 2.21 bits per heavy atom. The van der Waals surface area contributed by atoms with Crippen LogP contribution in [0.1, 0.15) is 19.8 Å². The highest BCUT2D eigenvalue weighted by Gasteiger charge is 2.23. The monoisotopic (exact) mass is 261 g/mol. The Hall–Kier alpha value is -1.81. The molecule has 1 heterocycles. The van der Waals surface area contributed by atoms with Crippen LogP contribution in [-0.4, -0.2) is 25.2 Å². The molecule has 4 nitrogen and oxygen atoms in total. The quantitative estimate of drug-likeness (QED) is 0.829. The average molecular weight is 261 g/mol. The van der Waals surface area contributed by atoms with Crippen LogP contribution in [0.15, 0.2) is 36.4 Å². The summed E-state index contributed by atoms with van der Waals surface area (Å²) in [6.07, 6.45) is 1.44. The Morgan fingerprint density at radius 3 is 2.79 bits per heavy atom. The molecule has 0 saturated carbocycles. The zero-order chi connectivity index (χ0) is 13.7. The summed E-state index contributed by atoms with van der Waals surface area (Å²) in [5.74, 6) is 0.686. The van der Waals surface area contributed by atoms with Gasteiger partial charge in [0.2, 0.25) is 0 Å². The molecule has 0 bridgehead atoms. The van der Waals surface area contributed by atoms with Gasteiger partial charge >= 0.3 is 0 Å². The van der Waals surface area contributed by atoms with Crippen molar-refractivity contribution in [2.75, 3.05) is 18.5 Å². The summed E-state index contributed by atoms with van der Waals surface area (Å²) in [6.45, 7) is 6.86. The highest BCUT2D eigenvalue weighted by atomic mass is 16.5. The average Bonchev–Trinajstić information content (AvgIpc) is 2.92. The molecule has 0 aliphatic carbocycles. The number of benzene rings is 1. The predicted molar refractivity (Wildman–Crippen MR) is 74.4 cm³/mol. The summed E-state index contributed by atoms with van der Waals surface area (Å²) < 4.78 is 10.8. The number of anilines is 1. The predicted octanol–water partition coefficient (Wildman–Crippen LogP) is 2.76. The summed E-state index contributed by atoms with van der Waals surface area (Å²) in [5, 5.41) is 2.84. The summed E-state index contributed by atoms with van der Waals surface area (Å²) in [6, 6.07) is 7.29. The van der Waals surface area contributed by atoms with Gasteiger partial charge < -0.3 is 14.8 Å². The van der Waals surface area contributed by atoms with Gasteiger partial charge in [-0.05, 0) is 49.6 Å². The Balaban J connectivity index is 1.87. The molecule has 1 saturated heterocycles. The fraction of sp³-hybridized carbons (Fsp3) is 0.400. The maximum absolute atomic E-state index is 11.8. The summed E-state index contributed by atoms with van der Waals surface area (Å²) in [4.78, 5) is 11.8. The molecule has 1 aromatic carbocycles. The number of ether oxygens (including phenoxy) is 2. The van der Waals surface area contributed by atoms with Crippen LogP contribution in [0.5, 0.6) is 5.75 Å².